The quantitative estimate of drug-likeness (QED) is 0.512. The Morgan fingerprint density at radius 2 is 1.96 bits per heavy atom. The van der Waals surface area contributed by atoms with Gasteiger partial charge in [0.1, 0.15) is 22.9 Å². The molecule has 2 rings (SSSR count). The van der Waals surface area contributed by atoms with E-state index in [1.807, 2.05) is 0 Å². The van der Waals surface area contributed by atoms with Crippen molar-refractivity contribution in [1.29, 1.82) is 0 Å². The van der Waals surface area contributed by atoms with Crippen molar-refractivity contribution in [3.05, 3.63) is 64.5 Å². The fraction of sp³-hybridized carbons (Fsp3) is 0.158. The number of nitrogens with one attached hydrogen (secondary N) is 1. The van der Waals surface area contributed by atoms with Gasteiger partial charge in [0.2, 0.25) is 5.91 Å². The molecule has 1 amide bonds. The van der Waals surface area contributed by atoms with Crippen LogP contribution in [0, 0.1) is 5.82 Å². The minimum Gasteiger partial charge on any atom is -0.507 e. The molecule has 27 heavy (non-hydrogen) atoms. The molecular weight excluding hydrogens is 377 g/mol. The molecule has 0 aliphatic rings. The molecule has 0 aliphatic heterocycles. The largest absolute Gasteiger partial charge is 0.507 e. The van der Waals surface area contributed by atoms with Gasteiger partial charge in [-0.1, -0.05) is 29.8 Å². The average Bonchev–Trinajstić information content (AvgIpc) is 2.63. The lowest BCUT2D eigenvalue weighted by Crippen LogP contribution is -2.09. The van der Waals surface area contributed by atoms with Gasteiger partial charge < -0.3 is 20.3 Å². The molecule has 0 aliphatic carbocycles. The second kappa shape index (κ2) is 9.05. The fourth-order valence-corrected chi connectivity index (χ4v) is 2.65. The summed E-state index contributed by atoms with van der Waals surface area (Å²) in [6.07, 6.45) is 3.11. The number of halogens is 2. The highest BCUT2D eigenvalue weighted by atomic mass is 35.5. The zero-order valence-corrected chi connectivity index (χ0v) is 15.1. The van der Waals surface area contributed by atoms with Crippen molar-refractivity contribution in [2.75, 3.05) is 12.4 Å². The predicted molar refractivity (Wildman–Crippen MR) is 98.6 cm³/mol. The summed E-state index contributed by atoms with van der Waals surface area (Å²) in [5.74, 6) is -2.72. The Kier molecular flexibility index (Phi) is 6.79. The first-order valence-electron chi connectivity index (χ1n) is 7.88. The molecule has 0 saturated carbocycles. The number of allylic oxidation sites excluding steroid dienone is 1. The van der Waals surface area contributed by atoms with Crippen molar-refractivity contribution < 1.29 is 28.9 Å². The molecule has 142 valence electrons. The van der Waals surface area contributed by atoms with Crippen molar-refractivity contribution in [3.8, 4) is 11.5 Å². The molecule has 0 unspecified atom stereocenters. The van der Waals surface area contributed by atoms with Crippen LogP contribution in [0.3, 0.4) is 0 Å². The van der Waals surface area contributed by atoms with Crippen molar-refractivity contribution in [2.45, 2.75) is 12.8 Å². The number of hydrogen-bond acceptors (Lipinski definition) is 5. The highest BCUT2D eigenvalue weighted by molar-refractivity contribution is 6.33. The number of methoxy groups -OCH3 is 1. The lowest BCUT2D eigenvalue weighted by Gasteiger charge is -2.12. The van der Waals surface area contributed by atoms with E-state index < -0.39 is 23.4 Å². The number of anilines is 1. The smallest absolute Gasteiger partial charge is 0.341 e. The van der Waals surface area contributed by atoms with E-state index in [2.05, 4.69) is 10.1 Å². The van der Waals surface area contributed by atoms with E-state index in [1.54, 1.807) is 6.07 Å². The van der Waals surface area contributed by atoms with Crippen molar-refractivity contribution in [2.24, 2.45) is 0 Å². The summed E-state index contributed by atoms with van der Waals surface area (Å²) in [4.78, 5) is 23.7. The summed E-state index contributed by atoms with van der Waals surface area (Å²) in [5.41, 5.74) is 0.103. The zero-order chi connectivity index (χ0) is 20.0. The van der Waals surface area contributed by atoms with Crippen molar-refractivity contribution in [1.82, 2.24) is 0 Å². The van der Waals surface area contributed by atoms with E-state index in [1.165, 1.54) is 30.4 Å². The van der Waals surface area contributed by atoms with Crippen LogP contribution < -0.4 is 5.32 Å². The number of benzene rings is 2. The second-order valence-electron chi connectivity index (χ2n) is 5.48. The molecule has 3 N–H and O–H groups in total. The fourth-order valence-electron chi connectivity index (χ4n) is 2.40. The van der Waals surface area contributed by atoms with Crippen LogP contribution in [-0.2, 0) is 16.0 Å². The lowest BCUT2D eigenvalue weighted by atomic mass is 10.0. The molecule has 0 fully saturated rings. The van der Waals surface area contributed by atoms with Gasteiger partial charge in [0.05, 0.1) is 17.8 Å². The first kappa shape index (κ1) is 20.3. The third kappa shape index (κ3) is 4.98. The molecule has 0 spiro atoms. The van der Waals surface area contributed by atoms with Gasteiger partial charge in [0.15, 0.2) is 0 Å². The van der Waals surface area contributed by atoms with Gasteiger partial charge >= 0.3 is 5.97 Å². The number of rotatable bonds is 6. The summed E-state index contributed by atoms with van der Waals surface area (Å²) in [7, 11) is 1.15. The maximum atomic E-state index is 13.5. The molecule has 0 bridgehead atoms. The molecular formula is C19H17ClFNO5. The number of amides is 1. The predicted octanol–water partition coefficient (Wildman–Crippen LogP) is 3.80. The number of esters is 1. The topological polar surface area (TPSA) is 95.9 Å². The van der Waals surface area contributed by atoms with Crippen LogP contribution in [0.4, 0.5) is 10.1 Å². The van der Waals surface area contributed by atoms with Gasteiger partial charge in [-0.25, -0.2) is 9.18 Å². The van der Waals surface area contributed by atoms with E-state index in [4.69, 9.17) is 11.6 Å². The van der Waals surface area contributed by atoms with Gasteiger partial charge in [0, 0.05) is 6.07 Å². The molecule has 6 nitrogen and oxygen atoms in total. The van der Waals surface area contributed by atoms with E-state index in [9.17, 15) is 24.2 Å². The normalized spacial score (nSPS) is 10.8. The molecule has 0 heterocycles. The highest BCUT2D eigenvalue weighted by Crippen LogP contribution is 2.37. The number of carbonyl (C=O) groups is 2. The van der Waals surface area contributed by atoms with Gasteiger partial charge in [-0.15, -0.1) is 0 Å². The SMILES string of the molecule is COC(=O)c1c(O)cc(O)c(Cl)c1CC/C=C\C(=O)Nc1ccccc1F. The Morgan fingerprint density at radius 1 is 1.26 bits per heavy atom. The van der Waals surface area contributed by atoms with Crippen LogP contribution in [-0.4, -0.2) is 29.2 Å². The number of carbonyl (C=O) groups excluding carboxylic acids is 2. The van der Waals surface area contributed by atoms with Gasteiger partial charge in [-0.2, -0.15) is 0 Å². The van der Waals surface area contributed by atoms with Gasteiger partial charge in [0.25, 0.3) is 0 Å². The number of phenols is 2. The van der Waals surface area contributed by atoms with Gasteiger partial charge in [-0.3, -0.25) is 4.79 Å². The monoisotopic (exact) mass is 393 g/mol. The van der Waals surface area contributed by atoms with Crippen LogP contribution in [0.15, 0.2) is 42.5 Å². The van der Waals surface area contributed by atoms with Crippen LogP contribution >= 0.6 is 11.6 Å². The van der Waals surface area contributed by atoms with Crippen LogP contribution in [0.5, 0.6) is 11.5 Å². The third-order valence-corrected chi connectivity index (χ3v) is 4.09. The Bertz CT molecular complexity index is 898. The van der Waals surface area contributed by atoms with E-state index in [0.717, 1.165) is 13.2 Å². The van der Waals surface area contributed by atoms with E-state index >= 15 is 0 Å². The Labute approximate surface area is 159 Å². The van der Waals surface area contributed by atoms with E-state index in [0.29, 0.717) is 0 Å². The minimum atomic E-state index is -0.800. The highest BCUT2D eigenvalue weighted by Gasteiger charge is 2.22. The van der Waals surface area contributed by atoms with Crippen molar-refractivity contribution in [3.63, 3.8) is 0 Å². The summed E-state index contributed by atoms with van der Waals surface area (Å²) >= 11 is 6.02. The van der Waals surface area contributed by atoms with Crippen LogP contribution in [0.1, 0.15) is 22.3 Å². The number of hydrogen-bond donors (Lipinski definition) is 3. The molecule has 0 saturated heterocycles. The Morgan fingerprint density at radius 3 is 2.63 bits per heavy atom. The summed E-state index contributed by atoms with van der Waals surface area (Å²) in [5, 5.41) is 21.9. The molecule has 8 heteroatoms. The van der Waals surface area contributed by atoms with Gasteiger partial charge in [-0.05, 0) is 36.6 Å². The minimum absolute atomic E-state index is 0.0566. The standard InChI is InChI=1S/C19H17ClFNO5/c1-27-19(26)17-11(18(20)15(24)10-14(17)23)6-2-5-9-16(25)22-13-8-4-3-7-12(13)21/h3-5,7-10,23-24H,2,6H2,1H3,(H,22,25)/b9-5-. The molecule has 0 aromatic heterocycles. The van der Waals surface area contributed by atoms with Crippen molar-refractivity contribution >= 4 is 29.2 Å². The third-order valence-electron chi connectivity index (χ3n) is 3.67. The summed E-state index contributed by atoms with van der Waals surface area (Å²) in [6.45, 7) is 0. The average molecular weight is 394 g/mol. The van der Waals surface area contributed by atoms with E-state index in [-0.39, 0.29) is 40.4 Å². The number of ether oxygens (including phenoxy) is 1. The summed E-state index contributed by atoms with van der Waals surface area (Å²) < 4.78 is 18.1. The summed E-state index contributed by atoms with van der Waals surface area (Å²) in [6, 6.07) is 6.71. The molecule has 0 radical (unpaired) electrons. The first-order chi connectivity index (χ1) is 12.8. The Balaban J connectivity index is 2.08. The maximum absolute atomic E-state index is 13.5. The first-order valence-corrected chi connectivity index (χ1v) is 8.26. The van der Waals surface area contributed by atoms with Crippen LogP contribution in [0.25, 0.3) is 0 Å². The number of phenolic OH excluding ortho intramolecular Hbond substituents is 2. The molecule has 0 atom stereocenters. The maximum Gasteiger partial charge on any atom is 0.341 e. The number of aromatic hydroxyl groups is 2. The van der Waals surface area contributed by atoms with Crippen LogP contribution in [0.2, 0.25) is 5.02 Å². The zero-order valence-electron chi connectivity index (χ0n) is 14.3. The Hall–Kier alpha value is -3.06. The molecule has 2 aromatic carbocycles. The second-order valence-corrected chi connectivity index (χ2v) is 5.86. The lowest BCUT2D eigenvalue weighted by molar-refractivity contribution is -0.111. The molecule has 2 aromatic rings. The number of para-hydroxylation sites is 1.